The van der Waals surface area contributed by atoms with Gasteiger partial charge in [0, 0.05) is 13.2 Å². The van der Waals surface area contributed by atoms with Gasteiger partial charge < -0.3 is 9.88 Å². The summed E-state index contributed by atoms with van der Waals surface area (Å²) in [5.74, 6) is 1.54. The maximum atomic E-state index is 8.66. The van der Waals surface area contributed by atoms with Gasteiger partial charge in [0.25, 0.3) is 0 Å². The van der Waals surface area contributed by atoms with Gasteiger partial charge >= 0.3 is 0 Å². The Morgan fingerprint density at radius 3 is 2.82 bits per heavy atom. The minimum Gasteiger partial charge on any atom is -0.360 e. The van der Waals surface area contributed by atoms with Gasteiger partial charge in [-0.1, -0.05) is 0 Å². The molecule has 0 radical (unpaired) electrons. The van der Waals surface area contributed by atoms with Crippen LogP contribution in [-0.4, -0.2) is 19.7 Å². The first-order valence-corrected chi connectivity index (χ1v) is 5.17. The molecule has 6 heteroatoms. The average molecular weight is 228 g/mol. The molecule has 6 nitrogen and oxygen atoms in total. The molecule has 0 aliphatic carbocycles. The van der Waals surface area contributed by atoms with Crippen LogP contribution >= 0.6 is 0 Å². The second-order valence-corrected chi connectivity index (χ2v) is 3.71. The molecular formula is C11H12N6. The van der Waals surface area contributed by atoms with Crippen molar-refractivity contribution in [1.29, 1.82) is 5.26 Å². The fraction of sp³-hybridized carbons (Fsp3) is 0.273. The van der Waals surface area contributed by atoms with Crippen LogP contribution in [0.2, 0.25) is 0 Å². The van der Waals surface area contributed by atoms with Crippen LogP contribution in [-0.2, 0) is 7.05 Å². The van der Waals surface area contributed by atoms with E-state index in [1.54, 1.807) is 18.5 Å². The summed E-state index contributed by atoms with van der Waals surface area (Å²) in [6.45, 7) is 1.98. The lowest BCUT2D eigenvalue weighted by Gasteiger charge is -2.13. The fourth-order valence-corrected chi connectivity index (χ4v) is 1.52. The Labute approximate surface area is 98.9 Å². The Morgan fingerprint density at radius 2 is 2.29 bits per heavy atom. The van der Waals surface area contributed by atoms with Crippen molar-refractivity contribution in [3.8, 4) is 6.07 Å². The van der Waals surface area contributed by atoms with E-state index in [1.165, 1.54) is 6.20 Å². The van der Waals surface area contributed by atoms with Crippen molar-refractivity contribution in [2.75, 3.05) is 5.32 Å². The van der Waals surface area contributed by atoms with Gasteiger partial charge in [0.1, 0.15) is 18.2 Å². The van der Waals surface area contributed by atoms with Crippen LogP contribution in [0, 0.1) is 11.3 Å². The van der Waals surface area contributed by atoms with Crippen molar-refractivity contribution >= 4 is 5.82 Å². The van der Waals surface area contributed by atoms with Gasteiger partial charge in [0.05, 0.1) is 11.6 Å². The highest BCUT2D eigenvalue weighted by Gasteiger charge is 2.11. The summed E-state index contributed by atoms with van der Waals surface area (Å²) >= 11 is 0. The van der Waals surface area contributed by atoms with Gasteiger partial charge in [0.15, 0.2) is 5.82 Å². The second-order valence-electron chi connectivity index (χ2n) is 3.71. The van der Waals surface area contributed by atoms with Gasteiger partial charge in [-0.05, 0) is 19.1 Å². The van der Waals surface area contributed by atoms with Crippen molar-refractivity contribution in [3.05, 3.63) is 36.0 Å². The molecule has 0 fully saturated rings. The van der Waals surface area contributed by atoms with Crippen molar-refractivity contribution in [2.45, 2.75) is 13.0 Å². The number of hydrogen-bond donors (Lipinski definition) is 1. The number of anilines is 1. The maximum Gasteiger partial charge on any atom is 0.154 e. The Morgan fingerprint density at radius 1 is 1.47 bits per heavy atom. The van der Waals surface area contributed by atoms with Crippen molar-refractivity contribution in [3.63, 3.8) is 0 Å². The molecule has 86 valence electrons. The van der Waals surface area contributed by atoms with Gasteiger partial charge in [0.2, 0.25) is 0 Å². The van der Waals surface area contributed by atoms with Crippen LogP contribution in [0.5, 0.6) is 0 Å². The number of nitrogens with one attached hydrogen (secondary N) is 1. The van der Waals surface area contributed by atoms with Crippen LogP contribution in [0.1, 0.15) is 24.4 Å². The van der Waals surface area contributed by atoms with Crippen molar-refractivity contribution in [1.82, 2.24) is 19.7 Å². The van der Waals surface area contributed by atoms with Crippen LogP contribution in [0.15, 0.2) is 24.7 Å². The SMILES string of the molecule is CC(Nc1ccc(C#N)cn1)c1nncn1C. The van der Waals surface area contributed by atoms with Gasteiger partial charge in [-0.25, -0.2) is 4.98 Å². The molecule has 0 aliphatic rings. The predicted octanol–water partition coefficient (Wildman–Crippen LogP) is 1.25. The van der Waals surface area contributed by atoms with E-state index in [-0.39, 0.29) is 6.04 Å². The molecule has 0 bridgehead atoms. The molecule has 1 unspecified atom stereocenters. The van der Waals surface area contributed by atoms with Crippen LogP contribution in [0.25, 0.3) is 0 Å². The number of aromatic nitrogens is 4. The molecule has 0 saturated carbocycles. The molecular weight excluding hydrogens is 216 g/mol. The average Bonchev–Trinajstić information content (AvgIpc) is 2.76. The van der Waals surface area contributed by atoms with E-state index in [0.717, 1.165) is 5.82 Å². The lowest BCUT2D eigenvalue weighted by atomic mass is 10.3. The Bertz CT molecular complexity index is 536. The largest absolute Gasteiger partial charge is 0.360 e. The lowest BCUT2D eigenvalue weighted by Crippen LogP contribution is -2.12. The molecule has 17 heavy (non-hydrogen) atoms. The van der Waals surface area contributed by atoms with E-state index in [4.69, 9.17) is 5.26 Å². The predicted molar refractivity (Wildman–Crippen MR) is 62.0 cm³/mol. The number of nitrogens with zero attached hydrogens (tertiary/aromatic N) is 5. The van der Waals surface area contributed by atoms with Crippen molar-refractivity contribution in [2.24, 2.45) is 7.05 Å². The molecule has 0 spiro atoms. The molecule has 2 aromatic rings. The quantitative estimate of drug-likeness (QED) is 0.855. The third-order valence-electron chi connectivity index (χ3n) is 2.39. The highest BCUT2D eigenvalue weighted by atomic mass is 15.3. The molecule has 1 atom stereocenters. The van der Waals surface area contributed by atoms with E-state index >= 15 is 0 Å². The lowest BCUT2D eigenvalue weighted by molar-refractivity contribution is 0.716. The normalized spacial score (nSPS) is 11.8. The molecule has 0 aliphatic heterocycles. The summed E-state index contributed by atoms with van der Waals surface area (Å²) in [5.41, 5.74) is 0.543. The van der Waals surface area contributed by atoms with E-state index < -0.39 is 0 Å². The Hall–Kier alpha value is -2.42. The number of rotatable bonds is 3. The summed E-state index contributed by atoms with van der Waals surface area (Å²) in [7, 11) is 1.89. The molecule has 0 aromatic carbocycles. The Balaban J connectivity index is 2.11. The Kier molecular flexibility index (Phi) is 3.01. The third kappa shape index (κ3) is 2.39. The first-order chi connectivity index (χ1) is 8.20. The molecule has 0 amide bonds. The molecule has 1 N–H and O–H groups in total. The highest BCUT2D eigenvalue weighted by Crippen LogP contribution is 2.14. The number of nitriles is 1. The molecule has 2 rings (SSSR count). The summed E-state index contributed by atoms with van der Waals surface area (Å²) in [6, 6.07) is 5.52. The molecule has 2 heterocycles. The van der Waals surface area contributed by atoms with Crippen molar-refractivity contribution < 1.29 is 0 Å². The zero-order valence-corrected chi connectivity index (χ0v) is 9.62. The number of pyridine rings is 1. The highest BCUT2D eigenvalue weighted by molar-refractivity contribution is 5.40. The minimum atomic E-state index is 0.00272. The zero-order chi connectivity index (χ0) is 12.3. The van der Waals surface area contributed by atoms with Crippen LogP contribution < -0.4 is 5.32 Å². The minimum absolute atomic E-state index is 0.00272. The first-order valence-electron chi connectivity index (χ1n) is 5.17. The van der Waals surface area contributed by atoms with Gasteiger partial charge in [-0.15, -0.1) is 10.2 Å². The van der Waals surface area contributed by atoms with Crippen LogP contribution in [0.4, 0.5) is 5.82 Å². The number of hydrogen-bond acceptors (Lipinski definition) is 5. The van der Waals surface area contributed by atoms with E-state index in [9.17, 15) is 0 Å². The fourth-order valence-electron chi connectivity index (χ4n) is 1.52. The smallest absolute Gasteiger partial charge is 0.154 e. The van der Waals surface area contributed by atoms with E-state index in [1.807, 2.05) is 24.6 Å². The van der Waals surface area contributed by atoms with E-state index in [0.29, 0.717) is 11.4 Å². The molecule has 2 aromatic heterocycles. The third-order valence-corrected chi connectivity index (χ3v) is 2.39. The summed E-state index contributed by atoms with van der Waals surface area (Å²) in [4.78, 5) is 4.14. The summed E-state index contributed by atoms with van der Waals surface area (Å²) in [5, 5.41) is 19.7. The zero-order valence-electron chi connectivity index (χ0n) is 9.62. The van der Waals surface area contributed by atoms with Crippen LogP contribution in [0.3, 0.4) is 0 Å². The summed E-state index contributed by atoms with van der Waals surface area (Å²) in [6.07, 6.45) is 3.19. The second kappa shape index (κ2) is 4.61. The molecule has 0 saturated heterocycles. The van der Waals surface area contributed by atoms with E-state index in [2.05, 4.69) is 20.5 Å². The summed E-state index contributed by atoms with van der Waals surface area (Å²) < 4.78 is 1.85. The standard InChI is InChI=1S/C11H12N6/c1-8(11-16-14-7-17(11)2)15-10-4-3-9(5-12)6-13-10/h3-4,6-8H,1-2H3,(H,13,15). The monoisotopic (exact) mass is 228 g/mol. The number of aryl methyl sites for hydroxylation is 1. The maximum absolute atomic E-state index is 8.66. The topological polar surface area (TPSA) is 79.4 Å². The van der Waals surface area contributed by atoms with Gasteiger partial charge in [-0.2, -0.15) is 5.26 Å². The van der Waals surface area contributed by atoms with Gasteiger partial charge in [-0.3, -0.25) is 0 Å². The first kappa shape index (κ1) is 11.1.